The van der Waals surface area contributed by atoms with Gasteiger partial charge in [-0.05, 0) is 30.3 Å². The summed E-state index contributed by atoms with van der Waals surface area (Å²) in [5.41, 5.74) is 1.63. The van der Waals surface area contributed by atoms with Crippen molar-refractivity contribution in [3.05, 3.63) is 82.4 Å². The van der Waals surface area contributed by atoms with Gasteiger partial charge in [0, 0.05) is 34.1 Å². The first-order chi connectivity index (χ1) is 14.5. The molecule has 0 aromatic heterocycles. The average molecular weight is 425 g/mol. The van der Waals surface area contributed by atoms with E-state index in [9.17, 15) is 10.2 Å². The summed E-state index contributed by atoms with van der Waals surface area (Å²) in [6.07, 6.45) is 2.32. The van der Waals surface area contributed by atoms with E-state index in [1.54, 1.807) is 42.5 Å². The molecular weight excluding hydrogens is 404 g/mol. The van der Waals surface area contributed by atoms with Gasteiger partial charge >= 0.3 is 0 Å². The number of rotatable bonds is 7. The second kappa shape index (κ2) is 9.80. The Hall–Kier alpha value is -3.51. The van der Waals surface area contributed by atoms with Gasteiger partial charge in [0.05, 0.1) is 14.2 Å². The van der Waals surface area contributed by atoms with Crippen LogP contribution in [-0.2, 0) is 0 Å². The van der Waals surface area contributed by atoms with E-state index < -0.39 is 6.17 Å². The van der Waals surface area contributed by atoms with E-state index in [-0.39, 0.29) is 11.5 Å². The molecule has 0 spiro atoms. The van der Waals surface area contributed by atoms with Crippen LogP contribution in [0.1, 0.15) is 22.9 Å². The van der Waals surface area contributed by atoms with Crippen LogP contribution in [0.15, 0.2) is 70.6 Å². The van der Waals surface area contributed by atoms with Gasteiger partial charge in [-0.25, -0.2) is 0 Å². The highest BCUT2D eigenvalue weighted by Gasteiger charge is 2.13. The maximum absolute atomic E-state index is 10.3. The van der Waals surface area contributed by atoms with Gasteiger partial charge in [-0.1, -0.05) is 41.9 Å². The summed E-state index contributed by atoms with van der Waals surface area (Å²) >= 11 is 6.35. The van der Waals surface area contributed by atoms with Gasteiger partial charge < -0.3 is 19.7 Å². The molecule has 30 heavy (non-hydrogen) atoms. The molecule has 0 aliphatic carbocycles. The van der Waals surface area contributed by atoms with Crippen LogP contribution in [0.3, 0.4) is 0 Å². The lowest BCUT2D eigenvalue weighted by Gasteiger charge is -2.11. The second-order valence-electron chi connectivity index (χ2n) is 6.25. The van der Waals surface area contributed by atoms with Gasteiger partial charge in [0.1, 0.15) is 0 Å². The molecule has 0 amide bonds. The summed E-state index contributed by atoms with van der Waals surface area (Å²) in [7, 11) is 2.96. The van der Waals surface area contributed by atoms with Crippen molar-refractivity contribution in [1.29, 1.82) is 0 Å². The molecule has 6 nitrogen and oxygen atoms in total. The van der Waals surface area contributed by atoms with Gasteiger partial charge in [0.25, 0.3) is 0 Å². The molecule has 0 atom stereocenters. The Morgan fingerprint density at radius 1 is 0.767 bits per heavy atom. The van der Waals surface area contributed by atoms with Crippen LogP contribution in [0.4, 0.5) is 0 Å². The van der Waals surface area contributed by atoms with Crippen molar-refractivity contribution in [2.24, 2.45) is 9.98 Å². The van der Waals surface area contributed by atoms with Gasteiger partial charge in [0.2, 0.25) is 0 Å². The number of benzene rings is 3. The predicted octanol–water partition coefficient (Wildman–Crippen LogP) is 5.01. The molecule has 0 aliphatic heterocycles. The third-order valence-corrected chi connectivity index (χ3v) is 4.74. The van der Waals surface area contributed by atoms with Crippen LogP contribution in [0.5, 0.6) is 23.0 Å². The molecule has 0 heterocycles. The first kappa shape index (κ1) is 21.2. The fourth-order valence-corrected chi connectivity index (χ4v) is 3.04. The molecule has 154 valence electrons. The lowest BCUT2D eigenvalue weighted by molar-refractivity contribution is 0.373. The maximum atomic E-state index is 10.3. The molecule has 0 radical (unpaired) electrons. The van der Waals surface area contributed by atoms with Gasteiger partial charge in [-0.3, -0.25) is 9.98 Å². The zero-order chi connectivity index (χ0) is 21.5. The lowest BCUT2D eigenvalue weighted by Crippen LogP contribution is -1.97. The van der Waals surface area contributed by atoms with E-state index in [4.69, 9.17) is 21.1 Å². The van der Waals surface area contributed by atoms with E-state index >= 15 is 0 Å². The van der Waals surface area contributed by atoms with Crippen LogP contribution in [0, 0.1) is 0 Å². The molecule has 3 rings (SSSR count). The van der Waals surface area contributed by atoms with Crippen LogP contribution in [-0.4, -0.2) is 36.9 Å². The van der Waals surface area contributed by atoms with E-state index in [2.05, 4.69) is 9.98 Å². The third-order valence-electron chi connectivity index (χ3n) is 4.39. The number of halogens is 1. The molecule has 0 aliphatic rings. The summed E-state index contributed by atoms with van der Waals surface area (Å²) < 4.78 is 10.3. The van der Waals surface area contributed by atoms with Crippen molar-refractivity contribution in [2.45, 2.75) is 6.17 Å². The number of methoxy groups -OCH3 is 2. The minimum Gasteiger partial charge on any atom is -0.504 e. The summed E-state index contributed by atoms with van der Waals surface area (Å²) in [4.78, 5) is 9.03. The van der Waals surface area contributed by atoms with Crippen molar-refractivity contribution < 1.29 is 19.7 Å². The van der Waals surface area contributed by atoms with Crippen molar-refractivity contribution in [2.75, 3.05) is 14.2 Å². The van der Waals surface area contributed by atoms with Crippen molar-refractivity contribution in [3.8, 4) is 23.0 Å². The first-order valence-electron chi connectivity index (χ1n) is 9.08. The maximum Gasteiger partial charge on any atom is 0.166 e. The SMILES string of the molecule is COc1cccc(/C=N/C(/N=C/c2cccc(OC)c2O)c2ccccc2Cl)c1O. The zero-order valence-corrected chi connectivity index (χ0v) is 17.2. The molecule has 0 saturated carbocycles. The molecule has 0 bridgehead atoms. The van der Waals surface area contributed by atoms with Crippen molar-refractivity contribution in [1.82, 2.24) is 0 Å². The Labute approximate surface area is 179 Å². The summed E-state index contributed by atoms with van der Waals surface area (Å²) in [6.45, 7) is 0. The van der Waals surface area contributed by atoms with E-state index in [0.29, 0.717) is 33.2 Å². The number of para-hydroxylation sites is 2. The summed E-state index contributed by atoms with van der Waals surface area (Å²) in [6, 6.07) is 17.5. The van der Waals surface area contributed by atoms with Crippen LogP contribution < -0.4 is 9.47 Å². The minimum absolute atomic E-state index is 0.0175. The number of aliphatic imine (C=N–C) groups is 2. The number of hydrogen-bond acceptors (Lipinski definition) is 6. The second-order valence-corrected chi connectivity index (χ2v) is 6.65. The topological polar surface area (TPSA) is 83.6 Å². The fraction of sp³-hybridized carbons (Fsp3) is 0.130. The number of aromatic hydroxyl groups is 2. The highest BCUT2D eigenvalue weighted by Crippen LogP contribution is 2.32. The van der Waals surface area contributed by atoms with Crippen molar-refractivity contribution >= 4 is 24.0 Å². The summed E-state index contributed by atoms with van der Waals surface area (Å²) in [5.74, 6) is 0.656. The molecule has 0 fully saturated rings. The van der Waals surface area contributed by atoms with Crippen LogP contribution in [0.25, 0.3) is 0 Å². The largest absolute Gasteiger partial charge is 0.504 e. The Morgan fingerprint density at radius 2 is 1.27 bits per heavy atom. The first-order valence-corrected chi connectivity index (χ1v) is 9.45. The standard InChI is InChI=1S/C23H21ClN2O4/c1-29-19-11-5-7-15(21(19)27)13-25-23(17-9-3-4-10-18(17)24)26-14-16-8-6-12-20(30-2)22(16)28/h3-14,23,27-28H,1-2H3/b25-13+,26-14+. The molecule has 3 aromatic rings. The number of phenolic OH excluding ortho intramolecular Hbond substituents is 2. The molecule has 3 aromatic carbocycles. The highest BCUT2D eigenvalue weighted by atomic mass is 35.5. The van der Waals surface area contributed by atoms with Crippen LogP contribution >= 0.6 is 11.6 Å². The minimum atomic E-state index is -0.699. The lowest BCUT2D eigenvalue weighted by atomic mass is 10.1. The molecule has 7 heteroatoms. The fourth-order valence-electron chi connectivity index (χ4n) is 2.80. The van der Waals surface area contributed by atoms with Gasteiger partial charge in [-0.15, -0.1) is 0 Å². The Kier molecular flexibility index (Phi) is 6.93. The Bertz CT molecular complexity index is 1020. The highest BCUT2D eigenvalue weighted by molar-refractivity contribution is 6.31. The van der Waals surface area contributed by atoms with E-state index in [1.807, 2.05) is 18.2 Å². The normalized spacial score (nSPS) is 11.5. The monoisotopic (exact) mass is 424 g/mol. The Balaban J connectivity index is 1.99. The predicted molar refractivity (Wildman–Crippen MR) is 119 cm³/mol. The number of phenols is 2. The number of hydrogen-bond donors (Lipinski definition) is 2. The molecule has 0 saturated heterocycles. The quantitative estimate of drug-likeness (QED) is 0.522. The van der Waals surface area contributed by atoms with Crippen molar-refractivity contribution in [3.63, 3.8) is 0 Å². The smallest absolute Gasteiger partial charge is 0.166 e. The Morgan fingerprint density at radius 3 is 1.73 bits per heavy atom. The van der Waals surface area contributed by atoms with Crippen LogP contribution in [0.2, 0.25) is 5.02 Å². The van der Waals surface area contributed by atoms with E-state index in [0.717, 1.165) is 0 Å². The molecule has 0 unspecified atom stereocenters. The van der Waals surface area contributed by atoms with Gasteiger partial charge in [-0.2, -0.15) is 0 Å². The zero-order valence-electron chi connectivity index (χ0n) is 16.5. The average Bonchev–Trinajstić information content (AvgIpc) is 2.76. The molecular formula is C23H21ClN2O4. The number of ether oxygens (including phenoxy) is 2. The van der Waals surface area contributed by atoms with E-state index in [1.165, 1.54) is 26.6 Å². The molecule has 2 N–H and O–H groups in total. The van der Waals surface area contributed by atoms with Gasteiger partial charge in [0.15, 0.2) is 29.2 Å². The third kappa shape index (κ3) is 4.72. The summed E-state index contributed by atoms with van der Waals surface area (Å²) in [5, 5.41) is 21.1. The number of nitrogens with zero attached hydrogens (tertiary/aromatic N) is 2.